The molecule has 0 bridgehead atoms. The average Bonchev–Trinajstić information content (AvgIpc) is 2.28. The van der Waals surface area contributed by atoms with Crippen LogP contribution in [0, 0.1) is 11.6 Å². The maximum atomic E-state index is 13.4. The van der Waals surface area contributed by atoms with Crippen molar-refractivity contribution >= 4 is 0 Å². The van der Waals surface area contributed by atoms with E-state index in [0.717, 1.165) is 6.42 Å². The Morgan fingerprint density at radius 2 is 1.94 bits per heavy atom. The van der Waals surface area contributed by atoms with E-state index < -0.39 is 11.6 Å². The Kier molecular flexibility index (Phi) is 6.08. The van der Waals surface area contributed by atoms with Crippen LogP contribution < -0.4 is 5.32 Å². The van der Waals surface area contributed by atoms with Crippen LogP contribution >= 0.6 is 0 Å². The van der Waals surface area contributed by atoms with Crippen molar-refractivity contribution in [2.45, 2.75) is 26.3 Å². The van der Waals surface area contributed by atoms with Gasteiger partial charge in [0.2, 0.25) is 0 Å². The molecule has 1 unspecified atom stereocenters. The topological polar surface area (TPSA) is 21.3 Å². The average molecular weight is 243 g/mol. The maximum absolute atomic E-state index is 13.4. The highest BCUT2D eigenvalue weighted by Gasteiger charge is 2.14. The first-order chi connectivity index (χ1) is 8.16. The second-order valence-corrected chi connectivity index (χ2v) is 3.86. The third-order valence-electron chi connectivity index (χ3n) is 2.55. The molecule has 0 spiro atoms. The summed E-state index contributed by atoms with van der Waals surface area (Å²) in [7, 11) is 0. The zero-order valence-electron chi connectivity index (χ0n) is 10.3. The van der Waals surface area contributed by atoms with Crippen molar-refractivity contribution < 1.29 is 13.5 Å². The van der Waals surface area contributed by atoms with Crippen LogP contribution in [-0.4, -0.2) is 19.8 Å². The van der Waals surface area contributed by atoms with Gasteiger partial charge >= 0.3 is 0 Å². The van der Waals surface area contributed by atoms with Gasteiger partial charge in [0, 0.05) is 24.8 Å². The molecule has 0 aromatic heterocycles. The van der Waals surface area contributed by atoms with E-state index >= 15 is 0 Å². The van der Waals surface area contributed by atoms with Gasteiger partial charge in [0.25, 0.3) is 0 Å². The van der Waals surface area contributed by atoms with Crippen molar-refractivity contribution in [1.82, 2.24) is 5.32 Å². The molecule has 1 aromatic carbocycles. The number of rotatable bonds is 7. The van der Waals surface area contributed by atoms with E-state index in [2.05, 4.69) is 5.32 Å². The first kappa shape index (κ1) is 14.1. The lowest BCUT2D eigenvalue weighted by Gasteiger charge is -2.15. The van der Waals surface area contributed by atoms with Crippen molar-refractivity contribution in [3.8, 4) is 0 Å². The molecular formula is C13H19F2NO. The molecule has 0 saturated heterocycles. The molecule has 1 N–H and O–H groups in total. The zero-order chi connectivity index (χ0) is 12.7. The van der Waals surface area contributed by atoms with Crippen LogP contribution in [0.2, 0.25) is 0 Å². The lowest BCUT2D eigenvalue weighted by molar-refractivity contribution is 0.144. The smallest absolute Gasteiger partial charge is 0.130 e. The molecule has 1 aromatic rings. The standard InChI is InChI=1S/C13H19F2NO/c1-3-17-9-5-8-16-10(2)13-11(14)6-4-7-12(13)15/h4,6-7,10,16H,3,5,8-9H2,1-2H3. The number of ether oxygens (including phenoxy) is 1. The second kappa shape index (κ2) is 7.35. The quantitative estimate of drug-likeness (QED) is 0.743. The van der Waals surface area contributed by atoms with Gasteiger partial charge in [-0.15, -0.1) is 0 Å². The van der Waals surface area contributed by atoms with E-state index in [1.165, 1.54) is 18.2 Å². The maximum Gasteiger partial charge on any atom is 0.130 e. The van der Waals surface area contributed by atoms with Crippen molar-refractivity contribution in [3.05, 3.63) is 35.4 Å². The summed E-state index contributed by atoms with van der Waals surface area (Å²) >= 11 is 0. The van der Waals surface area contributed by atoms with Crippen LogP contribution in [0.4, 0.5) is 8.78 Å². The second-order valence-electron chi connectivity index (χ2n) is 3.86. The fourth-order valence-electron chi connectivity index (χ4n) is 1.66. The molecule has 0 aliphatic heterocycles. The van der Waals surface area contributed by atoms with Crippen molar-refractivity contribution in [3.63, 3.8) is 0 Å². The van der Waals surface area contributed by atoms with Gasteiger partial charge in [-0.2, -0.15) is 0 Å². The Morgan fingerprint density at radius 1 is 1.29 bits per heavy atom. The van der Waals surface area contributed by atoms with E-state index in [4.69, 9.17) is 4.74 Å². The van der Waals surface area contributed by atoms with Crippen molar-refractivity contribution in [2.75, 3.05) is 19.8 Å². The van der Waals surface area contributed by atoms with Gasteiger partial charge in [-0.25, -0.2) is 8.78 Å². The molecule has 17 heavy (non-hydrogen) atoms. The molecule has 0 radical (unpaired) electrons. The first-order valence-corrected chi connectivity index (χ1v) is 5.91. The first-order valence-electron chi connectivity index (χ1n) is 5.91. The summed E-state index contributed by atoms with van der Waals surface area (Å²) < 4.78 is 32.0. The lowest BCUT2D eigenvalue weighted by atomic mass is 10.1. The molecule has 2 nitrogen and oxygen atoms in total. The molecule has 1 atom stereocenters. The molecule has 0 saturated carbocycles. The Morgan fingerprint density at radius 3 is 2.53 bits per heavy atom. The van der Waals surface area contributed by atoms with E-state index in [1.54, 1.807) is 6.92 Å². The van der Waals surface area contributed by atoms with Gasteiger partial charge in [-0.05, 0) is 38.9 Å². The predicted molar refractivity (Wildman–Crippen MR) is 63.9 cm³/mol. The van der Waals surface area contributed by atoms with Crippen LogP contribution in [0.15, 0.2) is 18.2 Å². The Balaban J connectivity index is 2.44. The summed E-state index contributed by atoms with van der Waals surface area (Å²) in [6.45, 7) is 5.72. The van der Waals surface area contributed by atoms with Crippen LogP contribution in [-0.2, 0) is 4.74 Å². The molecule has 0 amide bonds. The van der Waals surface area contributed by atoms with Gasteiger partial charge in [-0.3, -0.25) is 0 Å². The van der Waals surface area contributed by atoms with Gasteiger partial charge < -0.3 is 10.1 Å². The highest BCUT2D eigenvalue weighted by atomic mass is 19.1. The normalized spacial score (nSPS) is 12.7. The van der Waals surface area contributed by atoms with Gasteiger partial charge in [0.1, 0.15) is 11.6 Å². The molecule has 0 aliphatic rings. The van der Waals surface area contributed by atoms with E-state index in [-0.39, 0.29) is 11.6 Å². The number of halogens is 2. The van der Waals surface area contributed by atoms with Gasteiger partial charge in [-0.1, -0.05) is 6.07 Å². The van der Waals surface area contributed by atoms with Crippen molar-refractivity contribution in [2.24, 2.45) is 0 Å². The molecule has 0 heterocycles. The largest absolute Gasteiger partial charge is 0.382 e. The van der Waals surface area contributed by atoms with Gasteiger partial charge in [0.05, 0.1) is 0 Å². The monoisotopic (exact) mass is 243 g/mol. The molecular weight excluding hydrogens is 224 g/mol. The third-order valence-corrected chi connectivity index (χ3v) is 2.55. The Bertz CT molecular complexity index is 324. The number of nitrogens with one attached hydrogen (secondary N) is 1. The molecule has 4 heteroatoms. The zero-order valence-corrected chi connectivity index (χ0v) is 10.3. The Hall–Kier alpha value is -1.00. The number of benzene rings is 1. The van der Waals surface area contributed by atoms with Crippen molar-refractivity contribution in [1.29, 1.82) is 0 Å². The molecule has 96 valence electrons. The molecule has 0 fully saturated rings. The number of hydrogen-bond acceptors (Lipinski definition) is 2. The van der Waals surface area contributed by atoms with Crippen LogP contribution in [0.1, 0.15) is 31.9 Å². The van der Waals surface area contributed by atoms with Crippen LogP contribution in [0.5, 0.6) is 0 Å². The highest BCUT2D eigenvalue weighted by Crippen LogP contribution is 2.19. The van der Waals surface area contributed by atoms with E-state index in [0.29, 0.717) is 19.8 Å². The fourth-order valence-corrected chi connectivity index (χ4v) is 1.66. The summed E-state index contributed by atoms with van der Waals surface area (Å²) in [6.07, 6.45) is 0.828. The van der Waals surface area contributed by atoms with E-state index in [9.17, 15) is 8.78 Å². The fraction of sp³-hybridized carbons (Fsp3) is 0.538. The minimum atomic E-state index is -0.505. The van der Waals surface area contributed by atoms with Crippen LogP contribution in [0.3, 0.4) is 0 Å². The Labute approximate surface area is 101 Å². The number of hydrogen-bond donors (Lipinski definition) is 1. The summed E-state index contributed by atoms with van der Waals surface area (Å²) in [5, 5.41) is 3.08. The van der Waals surface area contributed by atoms with E-state index in [1.807, 2.05) is 6.92 Å². The highest BCUT2D eigenvalue weighted by molar-refractivity contribution is 5.22. The van der Waals surface area contributed by atoms with Gasteiger partial charge in [0.15, 0.2) is 0 Å². The SMILES string of the molecule is CCOCCCNC(C)c1c(F)cccc1F. The minimum absolute atomic E-state index is 0.101. The summed E-state index contributed by atoms with van der Waals surface area (Å²) in [5.41, 5.74) is 0.101. The molecule has 0 aliphatic carbocycles. The summed E-state index contributed by atoms with van der Waals surface area (Å²) in [4.78, 5) is 0. The minimum Gasteiger partial charge on any atom is -0.382 e. The molecule has 1 rings (SSSR count). The lowest BCUT2D eigenvalue weighted by Crippen LogP contribution is -2.22. The van der Waals surface area contributed by atoms with Crippen LogP contribution in [0.25, 0.3) is 0 Å². The predicted octanol–water partition coefficient (Wildman–Crippen LogP) is 3.04. The summed E-state index contributed by atoms with van der Waals surface area (Å²) in [5.74, 6) is -1.01. The summed E-state index contributed by atoms with van der Waals surface area (Å²) in [6, 6.07) is 3.58. The third kappa shape index (κ3) is 4.40.